The first-order valence-corrected chi connectivity index (χ1v) is 10.4. The van der Waals surface area contributed by atoms with Crippen LogP contribution < -0.4 is 10.6 Å². The van der Waals surface area contributed by atoms with Crippen LogP contribution in [0.2, 0.25) is 0 Å². The number of hydrogen-bond donors (Lipinski definition) is 1. The Balaban J connectivity index is 1.58. The third-order valence-electron chi connectivity index (χ3n) is 5.12. The van der Waals surface area contributed by atoms with Crippen molar-refractivity contribution in [2.24, 2.45) is 10.7 Å². The van der Waals surface area contributed by atoms with Gasteiger partial charge in [-0.15, -0.1) is 11.3 Å². The topological polar surface area (TPSA) is 61.0 Å². The van der Waals surface area contributed by atoms with Gasteiger partial charge >= 0.3 is 0 Å². The Kier molecular flexibility index (Phi) is 6.68. The van der Waals surface area contributed by atoms with Crippen molar-refractivity contribution >= 4 is 22.4 Å². The highest BCUT2D eigenvalue weighted by Gasteiger charge is 2.19. The summed E-state index contributed by atoms with van der Waals surface area (Å²) in [7, 11) is 2.15. The maximum atomic E-state index is 6.29. The summed E-state index contributed by atoms with van der Waals surface area (Å²) in [5.41, 5.74) is 8.86. The lowest BCUT2D eigenvalue weighted by Crippen LogP contribution is -2.51. The largest absolute Gasteiger partial charge is 0.370 e. The summed E-state index contributed by atoms with van der Waals surface area (Å²) in [6, 6.07) is 9.03. The van der Waals surface area contributed by atoms with Gasteiger partial charge in [0.05, 0.1) is 6.54 Å². The molecule has 1 aliphatic heterocycles. The monoisotopic (exact) mass is 386 g/mol. The van der Waals surface area contributed by atoms with Gasteiger partial charge < -0.3 is 15.5 Å². The number of benzene rings is 1. The number of nitrogens with zero attached hydrogens (tertiary/aromatic N) is 5. The number of piperazine rings is 1. The number of nitrogens with two attached hydrogens (primary N) is 1. The van der Waals surface area contributed by atoms with Gasteiger partial charge in [-0.2, -0.15) is 0 Å². The maximum absolute atomic E-state index is 6.29. The Morgan fingerprint density at radius 2 is 1.93 bits per heavy atom. The minimum atomic E-state index is 0.515. The van der Waals surface area contributed by atoms with Crippen LogP contribution in [0, 0.1) is 0 Å². The second-order valence-electron chi connectivity index (χ2n) is 7.24. The molecule has 1 aromatic carbocycles. The van der Waals surface area contributed by atoms with Crippen LogP contribution in [0.3, 0.4) is 0 Å². The first-order valence-electron chi connectivity index (χ1n) is 9.51. The zero-order valence-corrected chi connectivity index (χ0v) is 17.3. The average molecular weight is 387 g/mol. The van der Waals surface area contributed by atoms with E-state index in [1.165, 1.54) is 11.1 Å². The van der Waals surface area contributed by atoms with E-state index in [4.69, 9.17) is 5.73 Å². The number of hydrogen-bond acceptors (Lipinski definition) is 5. The normalized spacial score (nSPS) is 15.8. The summed E-state index contributed by atoms with van der Waals surface area (Å²) < 4.78 is 0. The van der Waals surface area contributed by atoms with Crippen molar-refractivity contribution < 1.29 is 0 Å². The van der Waals surface area contributed by atoms with Gasteiger partial charge in [-0.25, -0.2) is 9.98 Å². The lowest BCUT2D eigenvalue weighted by atomic mass is 10.1. The van der Waals surface area contributed by atoms with Gasteiger partial charge in [-0.3, -0.25) is 4.90 Å². The summed E-state index contributed by atoms with van der Waals surface area (Å²) >= 11 is 1.69. The third-order valence-corrected chi connectivity index (χ3v) is 5.96. The number of aliphatic imine (C=N–C) groups is 1. The molecule has 0 bridgehead atoms. The summed E-state index contributed by atoms with van der Waals surface area (Å²) in [6.07, 6.45) is 1.86. The lowest BCUT2D eigenvalue weighted by Gasteiger charge is -2.35. The Bertz CT molecular complexity index is 735. The van der Waals surface area contributed by atoms with E-state index in [9.17, 15) is 0 Å². The van der Waals surface area contributed by atoms with E-state index in [1.54, 1.807) is 11.3 Å². The molecular weight excluding hydrogens is 356 g/mol. The predicted octanol–water partition coefficient (Wildman–Crippen LogP) is 2.62. The van der Waals surface area contributed by atoms with Crippen molar-refractivity contribution in [3.05, 3.63) is 47.0 Å². The van der Waals surface area contributed by atoms with E-state index >= 15 is 0 Å². The lowest BCUT2D eigenvalue weighted by molar-refractivity contribution is 0.265. The van der Waals surface area contributed by atoms with Crippen LogP contribution in [0.4, 0.5) is 5.13 Å². The van der Waals surface area contributed by atoms with Crippen LogP contribution in [0.5, 0.6) is 0 Å². The summed E-state index contributed by atoms with van der Waals surface area (Å²) in [5.74, 6) is 0.640. The number of guanidine groups is 1. The highest BCUT2D eigenvalue weighted by atomic mass is 32.1. The molecule has 146 valence electrons. The molecule has 1 aliphatic rings. The smallest absolute Gasteiger partial charge is 0.191 e. The second kappa shape index (κ2) is 9.19. The van der Waals surface area contributed by atoms with Crippen molar-refractivity contribution in [2.75, 3.05) is 38.1 Å². The molecule has 6 nitrogen and oxygen atoms in total. The molecule has 2 N–H and O–H groups in total. The average Bonchev–Trinajstić information content (AvgIpc) is 3.22. The van der Waals surface area contributed by atoms with Crippen LogP contribution in [0.25, 0.3) is 0 Å². The molecule has 2 heterocycles. The van der Waals surface area contributed by atoms with Crippen LogP contribution in [-0.2, 0) is 13.1 Å². The fraction of sp³-hybridized carbons (Fsp3) is 0.500. The summed E-state index contributed by atoms with van der Waals surface area (Å²) in [5, 5.41) is 3.11. The van der Waals surface area contributed by atoms with E-state index in [0.29, 0.717) is 18.5 Å². The molecule has 0 amide bonds. The highest BCUT2D eigenvalue weighted by molar-refractivity contribution is 7.13. The number of thiazole rings is 1. The minimum Gasteiger partial charge on any atom is -0.370 e. The van der Waals surface area contributed by atoms with Crippen LogP contribution in [0.1, 0.15) is 25.0 Å². The van der Waals surface area contributed by atoms with Gasteiger partial charge in [0.15, 0.2) is 11.1 Å². The fourth-order valence-electron chi connectivity index (χ4n) is 3.08. The SMILES string of the molecule is CC(C)N(C)Cc1ccccc1CN=C(N)N1CCN(c2nccs2)CC1. The highest BCUT2D eigenvalue weighted by Crippen LogP contribution is 2.19. The first-order chi connectivity index (χ1) is 13.0. The van der Waals surface area contributed by atoms with Gasteiger partial charge in [0.1, 0.15) is 0 Å². The number of aromatic nitrogens is 1. The molecule has 1 fully saturated rings. The Morgan fingerprint density at radius 3 is 2.56 bits per heavy atom. The molecule has 0 unspecified atom stereocenters. The number of rotatable bonds is 6. The zero-order valence-electron chi connectivity index (χ0n) is 16.5. The number of anilines is 1. The molecule has 3 rings (SSSR count). The van der Waals surface area contributed by atoms with E-state index in [-0.39, 0.29) is 0 Å². The Hall–Kier alpha value is -2.12. The maximum Gasteiger partial charge on any atom is 0.191 e. The van der Waals surface area contributed by atoms with Crippen molar-refractivity contribution in [1.82, 2.24) is 14.8 Å². The van der Waals surface area contributed by atoms with E-state index in [2.05, 4.69) is 69.8 Å². The molecule has 0 radical (unpaired) electrons. The Morgan fingerprint density at radius 1 is 1.22 bits per heavy atom. The summed E-state index contributed by atoms with van der Waals surface area (Å²) in [6.45, 7) is 9.60. The third kappa shape index (κ3) is 5.20. The van der Waals surface area contributed by atoms with Crippen LogP contribution in [0.15, 0.2) is 40.8 Å². The van der Waals surface area contributed by atoms with Gasteiger partial charge in [-0.05, 0) is 32.0 Å². The fourth-order valence-corrected chi connectivity index (χ4v) is 3.78. The standard InChI is InChI=1S/C20H30N6S/c1-16(2)24(3)15-18-7-5-4-6-17(18)14-23-19(21)25-9-11-26(12-10-25)20-22-8-13-27-20/h4-8,13,16H,9-12,14-15H2,1-3H3,(H2,21,23). The van der Waals surface area contributed by atoms with E-state index in [1.807, 2.05) is 11.6 Å². The van der Waals surface area contributed by atoms with Crippen molar-refractivity contribution in [1.29, 1.82) is 0 Å². The summed E-state index contributed by atoms with van der Waals surface area (Å²) in [4.78, 5) is 15.9. The van der Waals surface area contributed by atoms with Gasteiger partial charge in [-0.1, -0.05) is 24.3 Å². The molecule has 1 aromatic heterocycles. The Labute approximate surface area is 166 Å². The van der Waals surface area contributed by atoms with Crippen LogP contribution in [-0.4, -0.2) is 60.0 Å². The van der Waals surface area contributed by atoms with Crippen molar-refractivity contribution in [3.8, 4) is 0 Å². The molecular formula is C20H30N6S. The molecule has 0 aliphatic carbocycles. The minimum absolute atomic E-state index is 0.515. The van der Waals surface area contributed by atoms with Gasteiger partial charge in [0.2, 0.25) is 0 Å². The predicted molar refractivity (Wildman–Crippen MR) is 114 cm³/mol. The van der Waals surface area contributed by atoms with Gasteiger partial charge in [0.25, 0.3) is 0 Å². The molecule has 1 saturated heterocycles. The zero-order chi connectivity index (χ0) is 19.2. The van der Waals surface area contributed by atoms with Crippen LogP contribution >= 0.6 is 11.3 Å². The molecule has 0 atom stereocenters. The van der Waals surface area contributed by atoms with Gasteiger partial charge in [0, 0.05) is 50.3 Å². The molecule has 27 heavy (non-hydrogen) atoms. The molecule has 7 heteroatoms. The van der Waals surface area contributed by atoms with E-state index < -0.39 is 0 Å². The molecule has 2 aromatic rings. The second-order valence-corrected chi connectivity index (χ2v) is 8.11. The van der Waals surface area contributed by atoms with Crippen molar-refractivity contribution in [3.63, 3.8) is 0 Å². The quantitative estimate of drug-likeness (QED) is 0.611. The van der Waals surface area contributed by atoms with Crippen molar-refractivity contribution in [2.45, 2.75) is 33.0 Å². The van der Waals surface area contributed by atoms with E-state index in [0.717, 1.165) is 37.9 Å². The molecule has 0 spiro atoms. The molecule has 0 saturated carbocycles. The first kappa shape index (κ1) is 19.6.